The number of halogens is 2. The van der Waals surface area contributed by atoms with E-state index in [4.69, 9.17) is 0 Å². The molecule has 0 saturated carbocycles. The number of hydrogen-bond acceptors (Lipinski definition) is 2. The number of aromatic nitrogens is 2. The van der Waals surface area contributed by atoms with Gasteiger partial charge in [0.15, 0.2) is 0 Å². The summed E-state index contributed by atoms with van der Waals surface area (Å²) in [5.41, 5.74) is 2.11. The fourth-order valence-corrected chi connectivity index (χ4v) is 4.50. The molecule has 2 heterocycles. The first-order valence-corrected chi connectivity index (χ1v) is 10.5. The van der Waals surface area contributed by atoms with Gasteiger partial charge in [0.25, 0.3) is 0 Å². The van der Waals surface area contributed by atoms with Crippen LogP contribution in [0.4, 0.5) is 0 Å². The average Bonchev–Trinajstić information content (AvgIpc) is 3.19. The Balaban J connectivity index is 1.65. The summed E-state index contributed by atoms with van der Waals surface area (Å²) in [6.07, 6.45) is 3.24. The Labute approximate surface area is 178 Å². The lowest BCUT2D eigenvalue weighted by Crippen LogP contribution is -2.30. The first-order valence-electron chi connectivity index (χ1n) is 8.36. The van der Waals surface area contributed by atoms with E-state index < -0.39 is 12.1 Å². The van der Waals surface area contributed by atoms with Crippen LogP contribution in [-0.4, -0.2) is 32.1 Å². The molecule has 26 heavy (non-hydrogen) atoms. The summed E-state index contributed by atoms with van der Waals surface area (Å²) in [6.45, 7) is 0.313. The van der Waals surface area contributed by atoms with Crippen molar-refractivity contribution in [2.75, 3.05) is 6.61 Å². The molecule has 2 aromatic carbocycles. The van der Waals surface area contributed by atoms with Gasteiger partial charge in [-0.25, -0.2) is 0 Å². The number of benzene rings is 2. The zero-order valence-corrected chi connectivity index (χ0v) is 18.2. The molecule has 0 spiro atoms. The van der Waals surface area contributed by atoms with E-state index in [9.17, 15) is 10.2 Å². The standard InChI is InChI=1S/C20H18I2N2O2/c21-15-1-3-17-13(9-15)5-7-23(17)11-20(26)19(12-25)24-8-6-14-10-16(22)2-4-18(14)24/h1-10,19-20,25-26H,11-12H2. The minimum absolute atomic E-state index is 0.117. The maximum absolute atomic E-state index is 10.9. The second-order valence-electron chi connectivity index (χ2n) is 6.41. The molecule has 6 heteroatoms. The van der Waals surface area contributed by atoms with Crippen LogP contribution in [0.3, 0.4) is 0 Å². The lowest BCUT2D eigenvalue weighted by molar-refractivity contribution is 0.0634. The van der Waals surface area contributed by atoms with Crippen molar-refractivity contribution >= 4 is 67.0 Å². The molecule has 0 fully saturated rings. The second-order valence-corrected chi connectivity index (χ2v) is 8.91. The number of fused-ring (bicyclic) bond motifs is 2. The summed E-state index contributed by atoms with van der Waals surface area (Å²) < 4.78 is 6.38. The van der Waals surface area contributed by atoms with Crippen molar-refractivity contribution in [1.29, 1.82) is 0 Å². The maximum Gasteiger partial charge on any atom is 0.0948 e. The number of nitrogens with zero attached hydrogens (tertiary/aromatic N) is 2. The fourth-order valence-electron chi connectivity index (χ4n) is 3.47. The van der Waals surface area contributed by atoms with Crippen LogP contribution < -0.4 is 0 Å². The molecule has 2 atom stereocenters. The van der Waals surface area contributed by atoms with Crippen molar-refractivity contribution < 1.29 is 10.2 Å². The smallest absolute Gasteiger partial charge is 0.0948 e. The third-order valence-electron chi connectivity index (χ3n) is 4.79. The van der Waals surface area contributed by atoms with Crippen LogP contribution in [0.5, 0.6) is 0 Å². The number of hydrogen-bond donors (Lipinski definition) is 2. The van der Waals surface area contributed by atoms with Crippen molar-refractivity contribution in [2.45, 2.75) is 18.7 Å². The summed E-state index contributed by atoms with van der Waals surface area (Å²) >= 11 is 4.59. The van der Waals surface area contributed by atoms with E-state index in [1.54, 1.807) is 0 Å². The molecule has 2 aromatic heterocycles. The van der Waals surface area contributed by atoms with Crippen molar-refractivity contribution in [3.05, 3.63) is 68.1 Å². The van der Waals surface area contributed by atoms with E-state index in [1.807, 2.05) is 39.7 Å². The Morgan fingerprint density at radius 1 is 0.846 bits per heavy atom. The highest BCUT2D eigenvalue weighted by Crippen LogP contribution is 2.26. The molecule has 4 nitrogen and oxygen atoms in total. The van der Waals surface area contributed by atoms with Gasteiger partial charge in [-0.05, 0) is 93.7 Å². The summed E-state index contributed by atoms with van der Waals surface area (Å²) in [5, 5.41) is 23.1. The van der Waals surface area contributed by atoms with Crippen LogP contribution >= 0.6 is 45.2 Å². The van der Waals surface area contributed by atoms with Gasteiger partial charge in [-0.2, -0.15) is 0 Å². The number of aliphatic hydroxyl groups excluding tert-OH is 2. The van der Waals surface area contributed by atoms with Crippen LogP contribution in [0.1, 0.15) is 6.04 Å². The first-order chi connectivity index (χ1) is 12.6. The molecule has 4 aromatic rings. The predicted octanol–water partition coefficient (Wildman–Crippen LogP) is 4.40. The van der Waals surface area contributed by atoms with E-state index >= 15 is 0 Å². The third-order valence-corrected chi connectivity index (χ3v) is 6.13. The van der Waals surface area contributed by atoms with Gasteiger partial charge in [0.1, 0.15) is 0 Å². The molecular weight excluding hydrogens is 554 g/mol. The minimum atomic E-state index is -0.704. The third kappa shape index (κ3) is 3.39. The molecule has 0 aliphatic carbocycles. The lowest BCUT2D eigenvalue weighted by atomic mass is 10.1. The van der Waals surface area contributed by atoms with E-state index in [2.05, 4.69) is 75.5 Å². The predicted molar refractivity (Wildman–Crippen MR) is 121 cm³/mol. The van der Waals surface area contributed by atoms with Gasteiger partial charge in [0, 0.05) is 41.3 Å². The molecule has 4 rings (SSSR count). The summed E-state index contributed by atoms with van der Waals surface area (Å²) in [6, 6.07) is 16.2. The van der Waals surface area contributed by atoms with Crippen molar-refractivity contribution in [3.8, 4) is 0 Å². The van der Waals surface area contributed by atoms with Gasteiger partial charge in [-0.1, -0.05) is 0 Å². The molecule has 2 N–H and O–H groups in total. The topological polar surface area (TPSA) is 50.3 Å². The molecule has 0 aliphatic rings. The average molecular weight is 572 g/mol. The molecule has 0 aliphatic heterocycles. The Morgan fingerprint density at radius 2 is 1.46 bits per heavy atom. The zero-order chi connectivity index (χ0) is 18.3. The van der Waals surface area contributed by atoms with Crippen LogP contribution in [0.25, 0.3) is 21.8 Å². The Hall–Kier alpha value is -1.10. The van der Waals surface area contributed by atoms with Gasteiger partial charge in [-0.3, -0.25) is 0 Å². The largest absolute Gasteiger partial charge is 0.394 e. The van der Waals surface area contributed by atoms with Crippen LogP contribution in [0.2, 0.25) is 0 Å². The molecule has 0 bridgehead atoms. The Morgan fingerprint density at radius 3 is 2.15 bits per heavy atom. The van der Waals surface area contributed by atoms with Gasteiger partial charge in [0.05, 0.1) is 25.3 Å². The highest BCUT2D eigenvalue weighted by Gasteiger charge is 2.22. The second kappa shape index (κ2) is 7.49. The Kier molecular flexibility index (Phi) is 5.27. The maximum atomic E-state index is 10.9. The minimum Gasteiger partial charge on any atom is -0.394 e. The zero-order valence-electron chi connectivity index (χ0n) is 13.9. The summed E-state index contributed by atoms with van der Waals surface area (Å²) in [5.74, 6) is 0. The van der Waals surface area contributed by atoms with Gasteiger partial charge >= 0.3 is 0 Å². The quantitative estimate of drug-likeness (QED) is 0.349. The first kappa shape index (κ1) is 18.3. The highest BCUT2D eigenvalue weighted by molar-refractivity contribution is 14.1. The Bertz CT molecular complexity index is 1070. The molecule has 2 unspecified atom stereocenters. The lowest BCUT2D eigenvalue weighted by Gasteiger charge is -2.24. The number of rotatable bonds is 5. The number of aliphatic hydroxyl groups is 2. The normalized spacial score (nSPS) is 14.2. The SMILES string of the molecule is OCC(C(O)Cn1ccc2cc(I)ccc21)n1ccc2cc(I)ccc21. The van der Waals surface area contributed by atoms with E-state index in [1.165, 1.54) is 7.14 Å². The van der Waals surface area contributed by atoms with Crippen LogP contribution in [0.15, 0.2) is 60.9 Å². The highest BCUT2D eigenvalue weighted by atomic mass is 127. The fraction of sp³-hybridized carbons (Fsp3) is 0.200. The van der Waals surface area contributed by atoms with Crippen LogP contribution in [0, 0.1) is 7.14 Å². The molecular formula is C20H18I2N2O2. The molecule has 134 valence electrons. The van der Waals surface area contributed by atoms with E-state index in [-0.39, 0.29) is 6.61 Å². The van der Waals surface area contributed by atoms with E-state index in [0.29, 0.717) is 6.54 Å². The van der Waals surface area contributed by atoms with Crippen molar-refractivity contribution in [3.63, 3.8) is 0 Å². The monoisotopic (exact) mass is 572 g/mol. The van der Waals surface area contributed by atoms with E-state index in [0.717, 1.165) is 21.8 Å². The van der Waals surface area contributed by atoms with Crippen molar-refractivity contribution in [2.24, 2.45) is 0 Å². The summed E-state index contributed by atoms with van der Waals surface area (Å²) in [7, 11) is 0. The van der Waals surface area contributed by atoms with Gasteiger partial charge < -0.3 is 19.3 Å². The molecule has 0 radical (unpaired) electrons. The molecule has 0 amide bonds. The van der Waals surface area contributed by atoms with Gasteiger partial charge in [-0.15, -0.1) is 0 Å². The van der Waals surface area contributed by atoms with Crippen LogP contribution in [-0.2, 0) is 6.54 Å². The van der Waals surface area contributed by atoms with Gasteiger partial charge in [0.2, 0.25) is 0 Å². The molecule has 0 saturated heterocycles. The van der Waals surface area contributed by atoms with Crippen molar-refractivity contribution in [1.82, 2.24) is 9.13 Å². The summed E-state index contributed by atoms with van der Waals surface area (Å²) in [4.78, 5) is 0.